The molecule has 7 nitrogen and oxygen atoms in total. The molecule has 1 N–H and O–H groups in total. The molecular formula is C18H23N3O4. The van der Waals surface area contributed by atoms with Crippen LogP contribution in [0.25, 0.3) is 0 Å². The molecule has 25 heavy (non-hydrogen) atoms. The van der Waals surface area contributed by atoms with Gasteiger partial charge in [0.25, 0.3) is 5.91 Å². The lowest BCUT2D eigenvalue weighted by atomic mass is 10.0. The monoisotopic (exact) mass is 345 g/mol. The Morgan fingerprint density at radius 1 is 1.24 bits per heavy atom. The number of nitrogens with one attached hydrogen (secondary N) is 1. The molecule has 0 spiro atoms. The number of ether oxygens (including phenoxy) is 2. The smallest absolute Gasteiger partial charge is 0.308 e. The maximum atomic E-state index is 12.4. The fraction of sp³-hybridized carbons (Fsp3) is 0.389. The lowest BCUT2D eigenvalue weighted by molar-refractivity contribution is -0.147. The molecule has 0 unspecified atom stereocenters. The topological polar surface area (TPSA) is 82.4 Å². The third-order valence-electron chi connectivity index (χ3n) is 3.53. The number of carbonyl (C=O) groups is 2. The zero-order valence-corrected chi connectivity index (χ0v) is 14.9. The molecule has 0 aliphatic heterocycles. The van der Waals surface area contributed by atoms with Crippen molar-refractivity contribution in [1.29, 1.82) is 0 Å². The summed E-state index contributed by atoms with van der Waals surface area (Å²) in [5, 5.41) is 6.86. The number of aromatic nitrogens is 2. The van der Waals surface area contributed by atoms with E-state index in [1.54, 1.807) is 51.0 Å². The number of carbonyl (C=O) groups excluding carboxylic acids is 2. The molecule has 1 heterocycles. The van der Waals surface area contributed by atoms with Crippen LogP contribution >= 0.6 is 0 Å². The predicted molar refractivity (Wildman–Crippen MR) is 92.3 cm³/mol. The molecular weight excluding hydrogens is 322 g/mol. The summed E-state index contributed by atoms with van der Waals surface area (Å²) in [7, 11) is 3.31. The average Bonchev–Trinajstić information content (AvgIpc) is 3.00. The van der Waals surface area contributed by atoms with Crippen LogP contribution in [0.5, 0.6) is 5.75 Å². The van der Waals surface area contributed by atoms with Crippen LogP contribution in [0.3, 0.4) is 0 Å². The van der Waals surface area contributed by atoms with Gasteiger partial charge in [-0.25, -0.2) is 0 Å². The van der Waals surface area contributed by atoms with Gasteiger partial charge in [0.15, 0.2) is 0 Å². The van der Waals surface area contributed by atoms with Crippen molar-refractivity contribution in [2.24, 2.45) is 7.05 Å². The van der Waals surface area contributed by atoms with E-state index in [1.165, 1.54) is 6.20 Å². The standard InChI is InChI=1S/C18H23N3O4/c1-12(2)25-17(22)9-16(13-5-7-15(24-4)8-6-13)20-18(23)14-10-19-21(3)11-14/h5-8,10-12,16H,9H2,1-4H3,(H,20,23)/t16-/m0/s1. The van der Waals surface area contributed by atoms with E-state index in [9.17, 15) is 9.59 Å². The van der Waals surface area contributed by atoms with Crippen LogP contribution in [0.1, 0.15) is 42.2 Å². The Bertz CT molecular complexity index is 722. The Morgan fingerprint density at radius 2 is 1.92 bits per heavy atom. The first-order valence-electron chi connectivity index (χ1n) is 8.02. The maximum Gasteiger partial charge on any atom is 0.308 e. The summed E-state index contributed by atoms with van der Waals surface area (Å²) >= 11 is 0. The summed E-state index contributed by atoms with van der Waals surface area (Å²) in [6.07, 6.45) is 2.92. The molecule has 0 radical (unpaired) electrons. The van der Waals surface area contributed by atoms with Crippen molar-refractivity contribution in [1.82, 2.24) is 15.1 Å². The lowest BCUT2D eigenvalue weighted by Gasteiger charge is -2.19. The van der Waals surface area contributed by atoms with E-state index in [0.29, 0.717) is 11.3 Å². The highest BCUT2D eigenvalue weighted by Crippen LogP contribution is 2.21. The van der Waals surface area contributed by atoms with Gasteiger partial charge < -0.3 is 14.8 Å². The van der Waals surface area contributed by atoms with Crippen LogP contribution in [-0.4, -0.2) is 34.9 Å². The van der Waals surface area contributed by atoms with Gasteiger partial charge in [0.05, 0.1) is 37.4 Å². The molecule has 0 bridgehead atoms. The molecule has 2 aromatic rings. The van der Waals surface area contributed by atoms with Crippen molar-refractivity contribution in [2.75, 3.05) is 7.11 Å². The molecule has 7 heteroatoms. The molecule has 0 saturated heterocycles. The Morgan fingerprint density at radius 3 is 2.44 bits per heavy atom. The fourth-order valence-electron chi connectivity index (χ4n) is 2.35. The third kappa shape index (κ3) is 5.34. The minimum atomic E-state index is -0.509. The molecule has 1 aromatic heterocycles. The van der Waals surface area contributed by atoms with Gasteiger partial charge in [0.1, 0.15) is 5.75 Å². The van der Waals surface area contributed by atoms with Crippen LogP contribution in [0.15, 0.2) is 36.7 Å². The van der Waals surface area contributed by atoms with E-state index in [2.05, 4.69) is 10.4 Å². The van der Waals surface area contributed by atoms with Gasteiger partial charge >= 0.3 is 5.97 Å². The molecule has 1 aromatic carbocycles. The summed E-state index contributed by atoms with van der Waals surface area (Å²) < 4.78 is 11.9. The fourth-order valence-corrected chi connectivity index (χ4v) is 2.35. The zero-order valence-electron chi connectivity index (χ0n) is 14.9. The van der Waals surface area contributed by atoms with Gasteiger partial charge in [-0.15, -0.1) is 0 Å². The highest BCUT2D eigenvalue weighted by Gasteiger charge is 2.21. The van der Waals surface area contributed by atoms with E-state index in [-0.39, 0.29) is 24.4 Å². The largest absolute Gasteiger partial charge is 0.497 e. The quantitative estimate of drug-likeness (QED) is 0.778. The maximum absolute atomic E-state index is 12.4. The van der Waals surface area contributed by atoms with E-state index in [0.717, 1.165) is 5.56 Å². The second-order valence-corrected chi connectivity index (χ2v) is 5.94. The molecule has 134 valence electrons. The number of aryl methyl sites for hydroxylation is 1. The van der Waals surface area contributed by atoms with Gasteiger partial charge in [-0.2, -0.15) is 5.10 Å². The zero-order chi connectivity index (χ0) is 18.4. The number of benzene rings is 1. The highest BCUT2D eigenvalue weighted by molar-refractivity contribution is 5.94. The van der Waals surface area contributed by atoms with E-state index in [4.69, 9.17) is 9.47 Å². The summed E-state index contributed by atoms with van der Waals surface area (Å²) in [5.74, 6) is 0.0272. The van der Waals surface area contributed by atoms with Gasteiger partial charge in [0.2, 0.25) is 0 Å². The SMILES string of the molecule is COc1ccc([C@H](CC(=O)OC(C)C)NC(=O)c2cnn(C)c2)cc1. The van der Waals surface area contributed by atoms with Crippen LogP contribution < -0.4 is 10.1 Å². The Kier molecular flexibility index (Phi) is 6.16. The van der Waals surface area contributed by atoms with Crippen molar-refractivity contribution in [3.63, 3.8) is 0 Å². The number of methoxy groups -OCH3 is 1. The van der Waals surface area contributed by atoms with Gasteiger partial charge in [-0.3, -0.25) is 14.3 Å². The first-order valence-corrected chi connectivity index (χ1v) is 8.02. The predicted octanol–water partition coefficient (Wildman–Crippen LogP) is 2.24. The highest BCUT2D eigenvalue weighted by atomic mass is 16.5. The number of nitrogens with zero attached hydrogens (tertiary/aromatic N) is 2. The third-order valence-corrected chi connectivity index (χ3v) is 3.53. The first-order chi connectivity index (χ1) is 11.9. The van der Waals surface area contributed by atoms with Crippen LogP contribution in [0.2, 0.25) is 0 Å². The van der Waals surface area contributed by atoms with Gasteiger partial charge in [-0.1, -0.05) is 12.1 Å². The first kappa shape index (κ1) is 18.5. The van der Waals surface area contributed by atoms with Crippen molar-refractivity contribution >= 4 is 11.9 Å². The van der Waals surface area contributed by atoms with Crippen molar-refractivity contribution in [3.8, 4) is 5.75 Å². The van der Waals surface area contributed by atoms with Crippen LogP contribution in [0.4, 0.5) is 0 Å². The van der Waals surface area contributed by atoms with E-state index in [1.807, 2.05) is 12.1 Å². The summed E-state index contributed by atoms with van der Waals surface area (Å²) in [4.78, 5) is 24.5. The Hall–Kier alpha value is -2.83. The Labute approximate surface area is 146 Å². The number of amides is 1. The lowest BCUT2D eigenvalue weighted by Crippen LogP contribution is -2.31. The summed E-state index contributed by atoms with van der Waals surface area (Å²) in [5.41, 5.74) is 1.22. The van der Waals surface area contributed by atoms with E-state index < -0.39 is 6.04 Å². The van der Waals surface area contributed by atoms with Crippen molar-refractivity contribution < 1.29 is 19.1 Å². The second kappa shape index (κ2) is 8.32. The van der Waals surface area contributed by atoms with Gasteiger partial charge in [0, 0.05) is 13.2 Å². The summed E-state index contributed by atoms with van der Waals surface area (Å²) in [6, 6.07) is 6.69. The molecule has 0 saturated carbocycles. The molecule has 1 atom stereocenters. The molecule has 0 aliphatic carbocycles. The van der Waals surface area contributed by atoms with Gasteiger partial charge in [-0.05, 0) is 31.5 Å². The van der Waals surface area contributed by atoms with Crippen LogP contribution in [0, 0.1) is 0 Å². The number of esters is 1. The molecule has 1 amide bonds. The van der Waals surface area contributed by atoms with E-state index >= 15 is 0 Å². The molecule has 0 fully saturated rings. The van der Waals surface area contributed by atoms with Crippen molar-refractivity contribution in [2.45, 2.75) is 32.4 Å². The number of hydrogen-bond donors (Lipinski definition) is 1. The number of hydrogen-bond acceptors (Lipinski definition) is 5. The molecule has 2 rings (SSSR count). The summed E-state index contributed by atoms with van der Waals surface area (Å²) in [6.45, 7) is 3.57. The van der Waals surface area contributed by atoms with Crippen molar-refractivity contribution in [3.05, 3.63) is 47.8 Å². The Balaban J connectivity index is 2.18. The normalized spacial score (nSPS) is 11.9. The molecule has 0 aliphatic rings. The average molecular weight is 345 g/mol. The minimum absolute atomic E-state index is 0.0382. The second-order valence-electron chi connectivity index (χ2n) is 5.94. The minimum Gasteiger partial charge on any atom is -0.497 e. The number of rotatable bonds is 7. The van der Waals surface area contributed by atoms with Crippen LogP contribution in [-0.2, 0) is 16.6 Å².